The molecule has 0 N–H and O–H groups in total. The zero-order valence-electron chi connectivity index (χ0n) is 12.2. The van der Waals surface area contributed by atoms with Gasteiger partial charge in [-0.25, -0.2) is 4.98 Å². The number of aromatic nitrogens is 1. The maximum atomic E-state index is 12.4. The summed E-state index contributed by atoms with van der Waals surface area (Å²) in [7, 11) is 1.77. The Labute approximate surface area is 123 Å². The Morgan fingerprint density at radius 3 is 3.00 bits per heavy atom. The highest BCUT2D eigenvalue weighted by Gasteiger charge is 2.27. The summed E-state index contributed by atoms with van der Waals surface area (Å²) in [6, 6.07) is 7.98. The molecule has 5 heteroatoms. The molecule has 110 valence electrons. The maximum Gasteiger partial charge on any atom is 0.275 e. The molecule has 1 amide bonds. The van der Waals surface area contributed by atoms with Crippen LogP contribution in [0.25, 0.3) is 0 Å². The monoisotopic (exact) mass is 286 g/mol. The molecule has 1 aliphatic heterocycles. The number of hydrogen-bond acceptors (Lipinski definition) is 4. The first-order valence-electron chi connectivity index (χ1n) is 7.11. The molecule has 0 radical (unpaired) electrons. The van der Waals surface area contributed by atoms with Crippen LogP contribution in [0.5, 0.6) is 5.75 Å². The fourth-order valence-corrected chi connectivity index (χ4v) is 2.62. The number of fused-ring (bicyclic) bond motifs is 1. The summed E-state index contributed by atoms with van der Waals surface area (Å²) in [5, 5.41) is 0. The fraction of sp³-hybridized carbons (Fsp3) is 0.375. The lowest BCUT2D eigenvalue weighted by Gasteiger charge is -2.20. The van der Waals surface area contributed by atoms with Crippen molar-refractivity contribution < 1.29 is 13.9 Å². The van der Waals surface area contributed by atoms with Crippen LogP contribution in [0.3, 0.4) is 0 Å². The summed E-state index contributed by atoms with van der Waals surface area (Å²) in [6.07, 6.45) is 2.79. The van der Waals surface area contributed by atoms with E-state index in [9.17, 15) is 4.79 Å². The minimum atomic E-state index is -0.125. The van der Waals surface area contributed by atoms with Crippen molar-refractivity contribution in [3.8, 4) is 5.75 Å². The van der Waals surface area contributed by atoms with Crippen LogP contribution >= 0.6 is 0 Å². The van der Waals surface area contributed by atoms with Gasteiger partial charge >= 0.3 is 0 Å². The van der Waals surface area contributed by atoms with Gasteiger partial charge in [-0.2, -0.15) is 0 Å². The van der Waals surface area contributed by atoms with Gasteiger partial charge < -0.3 is 14.1 Å². The Hall–Kier alpha value is -2.30. The normalized spacial score (nSPS) is 16.4. The van der Waals surface area contributed by atoms with Gasteiger partial charge in [-0.1, -0.05) is 25.1 Å². The molecule has 0 fully saturated rings. The van der Waals surface area contributed by atoms with Gasteiger partial charge in [-0.05, 0) is 11.6 Å². The maximum absolute atomic E-state index is 12.4. The molecule has 1 atom stereocenters. The highest BCUT2D eigenvalue weighted by atomic mass is 16.5. The van der Waals surface area contributed by atoms with Gasteiger partial charge in [0.15, 0.2) is 12.1 Å². The molecule has 2 aromatic rings. The van der Waals surface area contributed by atoms with E-state index in [1.165, 1.54) is 12.0 Å². The quantitative estimate of drug-likeness (QED) is 0.865. The summed E-state index contributed by atoms with van der Waals surface area (Å²) < 4.78 is 11.1. The van der Waals surface area contributed by atoms with Crippen molar-refractivity contribution in [2.24, 2.45) is 0 Å². The molecular weight excluding hydrogens is 268 g/mol. The van der Waals surface area contributed by atoms with Gasteiger partial charge in [0.2, 0.25) is 0 Å². The van der Waals surface area contributed by atoms with Crippen LogP contribution in [0.4, 0.5) is 0 Å². The molecule has 0 unspecified atom stereocenters. The standard InChI is InChI=1S/C16H18N2O3/c1-3-13-15(17-10-20-13)16(19)18(2)9-12-8-11-6-4-5-7-14(11)21-12/h4-7,10,12H,3,8-9H2,1-2H3/t12-/m1/s1. The predicted molar refractivity (Wildman–Crippen MR) is 77.4 cm³/mol. The zero-order chi connectivity index (χ0) is 14.8. The van der Waals surface area contributed by atoms with Gasteiger partial charge in [0, 0.05) is 19.9 Å². The summed E-state index contributed by atoms with van der Waals surface area (Å²) in [4.78, 5) is 18.1. The van der Waals surface area contributed by atoms with Gasteiger partial charge in [0.05, 0.1) is 6.54 Å². The molecule has 1 aromatic carbocycles. The Morgan fingerprint density at radius 2 is 2.24 bits per heavy atom. The third kappa shape index (κ3) is 2.63. The second-order valence-corrected chi connectivity index (χ2v) is 5.22. The number of likely N-dealkylation sites (N-methyl/N-ethyl adjacent to an activating group) is 1. The van der Waals surface area contributed by atoms with Crippen molar-refractivity contribution in [1.82, 2.24) is 9.88 Å². The fourth-order valence-electron chi connectivity index (χ4n) is 2.62. The molecule has 5 nitrogen and oxygen atoms in total. The third-order valence-corrected chi connectivity index (χ3v) is 3.70. The van der Waals surface area contributed by atoms with Crippen LogP contribution in [0.15, 0.2) is 35.1 Å². The number of oxazole rings is 1. The highest BCUT2D eigenvalue weighted by molar-refractivity contribution is 5.93. The number of nitrogens with zero attached hydrogens (tertiary/aromatic N) is 2. The number of amides is 1. The van der Waals surface area contributed by atoms with E-state index < -0.39 is 0 Å². The summed E-state index contributed by atoms with van der Waals surface area (Å²) in [6.45, 7) is 2.47. The molecule has 0 bridgehead atoms. The summed E-state index contributed by atoms with van der Waals surface area (Å²) in [5.41, 5.74) is 1.59. The second-order valence-electron chi connectivity index (χ2n) is 5.22. The van der Waals surface area contributed by atoms with Crippen LogP contribution < -0.4 is 4.74 Å². The van der Waals surface area contributed by atoms with E-state index in [1.807, 2.05) is 25.1 Å². The first kappa shape index (κ1) is 13.7. The molecule has 1 aromatic heterocycles. The Balaban J connectivity index is 1.65. The minimum absolute atomic E-state index is 0.00618. The van der Waals surface area contributed by atoms with Gasteiger partial charge in [0.25, 0.3) is 5.91 Å². The largest absolute Gasteiger partial charge is 0.488 e. The van der Waals surface area contributed by atoms with E-state index in [-0.39, 0.29) is 12.0 Å². The molecule has 0 spiro atoms. The van der Waals surface area contributed by atoms with Gasteiger partial charge in [0.1, 0.15) is 17.6 Å². The summed E-state index contributed by atoms with van der Waals surface area (Å²) in [5.74, 6) is 1.42. The van der Waals surface area contributed by atoms with Crippen molar-refractivity contribution in [3.63, 3.8) is 0 Å². The SMILES string of the molecule is CCc1ocnc1C(=O)N(C)C[C@H]1Cc2ccccc2O1. The summed E-state index contributed by atoms with van der Waals surface area (Å²) >= 11 is 0. The number of para-hydroxylation sites is 1. The minimum Gasteiger partial charge on any atom is -0.488 e. The van der Waals surface area contributed by atoms with E-state index in [1.54, 1.807) is 11.9 Å². The Kier molecular flexibility index (Phi) is 3.64. The van der Waals surface area contributed by atoms with E-state index in [0.717, 1.165) is 12.2 Å². The number of carbonyl (C=O) groups is 1. The van der Waals surface area contributed by atoms with Crippen LogP contribution in [0, 0.1) is 0 Å². The van der Waals surface area contributed by atoms with Crippen molar-refractivity contribution in [1.29, 1.82) is 0 Å². The molecule has 0 saturated carbocycles. The van der Waals surface area contributed by atoms with Crippen LogP contribution in [0.1, 0.15) is 28.7 Å². The van der Waals surface area contributed by atoms with Crippen molar-refractivity contribution in [2.75, 3.05) is 13.6 Å². The Bertz CT molecular complexity index is 625. The van der Waals surface area contributed by atoms with Crippen molar-refractivity contribution >= 4 is 5.91 Å². The molecular formula is C16H18N2O3. The lowest BCUT2D eigenvalue weighted by atomic mass is 10.1. The second kappa shape index (κ2) is 5.60. The molecule has 2 heterocycles. The molecule has 1 aliphatic rings. The average Bonchev–Trinajstić information content (AvgIpc) is 3.11. The third-order valence-electron chi connectivity index (χ3n) is 3.70. The van der Waals surface area contributed by atoms with Gasteiger partial charge in [-0.3, -0.25) is 4.79 Å². The van der Waals surface area contributed by atoms with Crippen molar-refractivity contribution in [3.05, 3.63) is 47.7 Å². The molecule has 0 saturated heterocycles. The van der Waals surface area contributed by atoms with E-state index in [4.69, 9.17) is 9.15 Å². The van der Waals surface area contributed by atoms with E-state index >= 15 is 0 Å². The first-order chi connectivity index (χ1) is 10.2. The van der Waals surface area contributed by atoms with Gasteiger partial charge in [-0.15, -0.1) is 0 Å². The highest BCUT2D eigenvalue weighted by Crippen LogP contribution is 2.28. The molecule has 3 rings (SSSR count). The van der Waals surface area contributed by atoms with Crippen LogP contribution in [-0.2, 0) is 12.8 Å². The number of rotatable bonds is 4. The smallest absolute Gasteiger partial charge is 0.275 e. The van der Waals surface area contributed by atoms with E-state index in [2.05, 4.69) is 11.1 Å². The van der Waals surface area contributed by atoms with Crippen molar-refractivity contribution in [2.45, 2.75) is 25.9 Å². The molecule has 0 aliphatic carbocycles. The van der Waals surface area contributed by atoms with Crippen LogP contribution in [0.2, 0.25) is 0 Å². The number of hydrogen-bond donors (Lipinski definition) is 0. The number of carbonyl (C=O) groups excluding carboxylic acids is 1. The topological polar surface area (TPSA) is 55.6 Å². The Morgan fingerprint density at radius 1 is 1.43 bits per heavy atom. The van der Waals surface area contributed by atoms with Crippen LogP contribution in [-0.4, -0.2) is 35.5 Å². The lowest BCUT2D eigenvalue weighted by Crippen LogP contribution is -2.36. The number of aryl methyl sites for hydroxylation is 1. The first-order valence-corrected chi connectivity index (χ1v) is 7.11. The average molecular weight is 286 g/mol. The molecule has 21 heavy (non-hydrogen) atoms. The lowest BCUT2D eigenvalue weighted by molar-refractivity contribution is 0.0723. The predicted octanol–water partition coefficient (Wildman–Crippen LogP) is 2.31. The number of benzene rings is 1. The zero-order valence-corrected chi connectivity index (χ0v) is 12.2. The number of ether oxygens (including phenoxy) is 1. The van der Waals surface area contributed by atoms with E-state index in [0.29, 0.717) is 24.4 Å².